The van der Waals surface area contributed by atoms with Crippen LogP contribution in [-0.4, -0.2) is 29.8 Å². The Labute approximate surface area is 117 Å². The summed E-state index contributed by atoms with van der Waals surface area (Å²) in [6, 6.07) is 1.95. The van der Waals surface area contributed by atoms with Gasteiger partial charge >= 0.3 is 12.1 Å². The molecule has 0 aliphatic carbocycles. The fourth-order valence-corrected chi connectivity index (χ4v) is 2.16. The number of benzene rings is 1. The molecule has 1 saturated heterocycles. The summed E-state index contributed by atoms with van der Waals surface area (Å²) in [7, 11) is 0. The summed E-state index contributed by atoms with van der Waals surface area (Å²) in [6.07, 6.45) is -4.45. The third-order valence-corrected chi connectivity index (χ3v) is 3.43. The van der Waals surface area contributed by atoms with Gasteiger partial charge in [-0.3, -0.25) is 0 Å². The average Bonchev–Trinajstić information content (AvgIpc) is 2.41. The van der Waals surface area contributed by atoms with Crippen LogP contribution in [-0.2, 0) is 15.7 Å². The molecule has 0 radical (unpaired) electrons. The van der Waals surface area contributed by atoms with Crippen molar-refractivity contribution in [3.8, 4) is 0 Å². The van der Waals surface area contributed by atoms with E-state index < -0.39 is 29.1 Å². The summed E-state index contributed by atoms with van der Waals surface area (Å²) in [5.41, 5.74) is -2.83. The van der Waals surface area contributed by atoms with Gasteiger partial charge in [-0.1, -0.05) is 0 Å². The van der Waals surface area contributed by atoms with Crippen LogP contribution in [0.15, 0.2) is 18.2 Å². The minimum Gasteiger partial charge on any atom is -0.480 e. The lowest BCUT2D eigenvalue weighted by atomic mass is 9.89. The van der Waals surface area contributed by atoms with Gasteiger partial charge in [-0.05, 0) is 18.2 Å². The lowest BCUT2D eigenvalue weighted by molar-refractivity contribution is -0.145. The van der Waals surface area contributed by atoms with Crippen LogP contribution in [0.25, 0.3) is 0 Å². The quantitative estimate of drug-likeness (QED) is 0.843. The third kappa shape index (κ3) is 3.26. The van der Waals surface area contributed by atoms with Gasteiger partial charge in [0.2, 0.25) is 0 Å². The molecule has 4 nitrogen and oxygen atoms in total. The van der Waals surface area contributed by atoms with Crippen molar-refractivity contribution in [3.63, 3.8) is 0 Å². The lowest BCUT2D eigenvalue weighted by Gasteiger charge is -2.34. The van der Waals surface area contributed by atoms with Crippen LogP contribution in [0.3, 0.4) is 0 Å². The van der Waals surface area contributed by atoms with Crippen LogP contribution in [0.4, 0.5) is 23.2 Å². The van der Waals surface area contributed by atoms with Crippen LogP contribution < -0.4 is 5.32 Å². The molecule has 0 amide bonds. The lowest BCUT2D eigenvalue weighted by Crippen LogP contribution is -2.50. The van der Waals surface area contributed by atoms with E-state index in [0.29, 0.717) is 12.1 Å². The fraction of sp³-hybridized carbons (Fsp3) is 0.462. The van der Waals surface area contributed by atoms with Crippen molar-refractivity contribution in [2.45, 2.75) is 24.6 Å². The minimum absolute atomic E-state index is 0.1000. The van der Waals surface area contributed by atoms with E-state index in [1.165, 1.54) is 0 Å². The molecule has 0 saturated carbocycles. The van der Waals surface area contributed by atoms with Gasteiger partial charge in [-0.15, -0.1) is 0 Å². The molecule has 8 heteroatoms. The normalized spacial score (nSPS) is 18.3. The van der Waals surface area contributed by atoms with E-state index >= 15 is 0 Å². The second kappa shape index (κ2) is 5.51. The molecule has 1 fully saturated rings. The molecule has 0 atom stereocenters. The zero-order valence-electron chi connectivity index (χ0n) is 10.8. The van der Waals surface area contributed by atoms with Crippen molar-refractivity contribution >= 4 is 11.7 Å². The van der Waals surface area contributed by atoms with Crippen molar-refractivity contribution in [3.05, 3.63) is 29.6 Å². The number of carbonyl (C=O) groups is 1. The molecule has 0 aromatic heterocycles. The van der Waals surface area contributed by atoms with Gasteiger partial charge in [0.05, 0.1) is 11.3 Å². The maximum Gasteiger partial charge on any atom is 0.416 e. The number of aliphatic carboxylic acids is 1. The predicted octanol–water partition coefficient (Wildman–Crippen LogP) is 2.89. The summed E-state index contributed by atoms with van der Waals surface area (Å²) in [6.45, 7) is 0.364. The number of carboxylic acids is 1. The zero-order chi connectivity index (χ0) is 15.7. The molecule has 2 N–H and O–H groups in total. The first-order chi connectivity index (χ1) is 9.74. The van der Waals surface area contributed by atoms with Gasteiger partial charge in [0.25, 0.3) is 0 Å². The van der Waals surface area contributed by atoms with Crippen molar-refractivity contribution in [1.29, 1.82) is 0 Å². The summed E-state index contributed by atoms with van der Waals surface area (Å²) in [5, 5.41) is 11.8. The van der Waals surface area contributed by atoms with E-state index in [2.05, 4.69) is 5.32 Å². The number of halogens is 4. The summed E-state index contributed by atoms with van der Waals surface area (Å²) in [5.74, 6) is -2.33. The summed E-state index contributed by atoms with van der Waals surface area (Å²) in [4.78, 5) is 11.4. The van der Waals surface area contributed by atoms with Crippen LogP contribution in [0, 0.1) is 5.82 Å². The molecule has 1 aliphatic heterocycles. The van der Waals surface area contributed by atoms with Gasteiger partial charge in [-0.25, -0.2) is 9.18 Å². The van der Waals surface area contributed by atoms with Crippen LogP contribution in [0.2, 0.25) is 0 Å². The minimum atomic E-state index is -4.65. The number of alkyl halides is 3. The summed E-state index contributed by atoms with van der Waals surface area (Å²) >= 11 is 0. The number of hydrogen-bond donors (Lipinski definition) is 2. The molecule has 2 rings (SSSR count). The van der Waals surface area contributed by atoms with E-state index in [4.69, 9.17) is 4.74 Å². The number of hydrogen-bond acceptors (Lipinski definition) is 3. The fourth-order valence-electron chi connectivity index (χ4n) is 2.16. The molecule has 1 aromatic carbocycles. The second-order valence-electron chi connectivity index (χ2n) is 4.82. The zero-order valence-corrected chi connectivity index (χ0v) is 10.8. The van der Waals surface area contributed by atoms with Crippen LogP contribution >= 0.6 is 0 Å². The Morgan fingerprint density at radius 1 is 1.29 bits per heavy atom. The Morgan fingerprint density at radius 2 is 1.90 bits per heavy atom. The van der Waals surface area contributed by atoms with E-state index in [-0.39, 0.29) is 31.7 Å². The Bertz CT molecular complexity index is 539. The Balaban J connectivity index is 2.28. The van der Waals surface area contributed by atoms with Gasteiger partial charge in [-0.2, -0.15) is 13.2 Å². The topological polar surface area (TPSA) is 58.6 Å². The van der Waals surface area contributed by atoms with E-state index in [1.807, 2.05) is 0 Å². The average molecular weight is 307 g/mol. The molecule has 1 heterocycles. The third-order valence-electron chi connectivity index (χ3n) is 3.43. The van der Waals surface area contributed by atoms with Crippen molar-refractivity contribution in [2.75, 3.05) is 18.5 Å². The van der Waals surface area contributed by atoms with Crippen LogP contribution in [0.1, 0.15) is 18.4 Å². The van der Waals surface area contributed by atoms with E-state index in [9.17, 15) is 27.5 Å². The highest BCUT2D eigenvalue weighted by Gasteiger charge is 2.41. The standard InChI is InChI=1S/C13H13F4NO3/c14-9-7-8(13(15,16)17)1-2-10(9)18-12(11(19)20)3-5-21-6-4-12/h1-2,7,18H,3-6H2,(H,19,20). The Kier molecular flexibility index (Phi) is 4.08. The van der Waals surface area contributed by atoms with Crippen molar-refractivity contribution < 1.29 is 32.2 Å². The maximum atomic E-state index is 13.8. The SMILES string of the molecule is O=C(O)C1(Nc2ccc(C(F)(F)F)cc2F)CCOCC1. The first-order valence-corrected chi connectivity index (χ1v) is 6.21. The van der Waals surface area contributed by atoms with Gasteiger partial charge < -0.3 is 15.2 Å². The molecule has 0 unspecified atom stereocenters. The van der Waals surface area contributed by atoms with Crippen molar-refractivity contribution in [1.82, 2.24) is 0 Å². The van der Waals surface area contributed by atoms with Gasteiger partial charge in [0, 0.05) is 26.1 Å². The van der Waals surface area contributed by atoms with E-state index in [0.717, 1.165) is 6.07 Å². The first kappa shape index (κ1) is 15.6. The van der Waals surface area contributed by atoms with E-state index in [1.54, 1.807) is 0 Å². The Hall–Kier alpha value is -1.83. The number of ether oxygens (including phenoxy) is 1. The highest BCUT2D eigenvalue weighted by Crippen LogP contribution is 2.33. The maximum absolute atomic E-state index is 13.8. The number of rotatable bonds is 3. The van der Waals surface area contributed by atoms with Crippen LogP contribution in [0.5, 0.6) is 0 Å². The molecular formula is C13H13F4NO3. The molecular weight excluding hydrogens is 294 g/mol. The highest BCUT2D eigenvalue weighted by molar-refractivity contribution is 5.83. The molecule has 21 heavy (non-hydrogen) atoms. The number of anilines is 1. The molecule has 0 bridgehead atoms. The molecule has 0 spiro atoms. The monoisotopic (exact) mass is 307 g/mol. The molecule has 116 valence electrons. The number of nitrogens with one attached hydrogen (secondary N) is 1. The Morgan fingerprint density at radius 3 is 2.38 bits per heavy atom. The smallest absolute Gasteiger partial charge is 0.416 e. The van der Waals surface area contributed by atoms with Gasteiger partial charge in [0.1, 0.15) is 11.4 Å². The number of carboxylic acid groups (broad SMARTS) is 1. The molecule has 1 aromatic rings. The highest BCUT2D eigenvalue weighted by atomic mass is 19.4. The largest absolute Gasteiger partial charge is 0.480 e. The molecule has 1 aliphatic rings. The summed E-state index contributed by atoms with van der Waals surface area (Å²) < 4.78 is 56.2. The predicted molar refractivity (Wildman–Crippen MR) is 65.4 cm³/mol. The van der Waals surface area contributed by atoms with Crippen molar-refractivity contribution in [2.24, 2.45) is 0 Å². The van der Waals surface area contributed by atoms with Gasteiger partial charge in [0.15, 0.2) is 0 Å². The second-order valence-corrected chi connectivity index (χ2v) is 4.82. The first-order valence-electron chi connectivity index (χ1n) is 6.21.